The molecule has 5 heteroatoms. The number of nitrogens with zero attached hydrogens (tertiary/aromatic N) is 3. The first-order chi connectivity index (χ1) is 11.1. The summed E-state index contributed by atoms with van der Waals surface area (Å²) < 4.78 is 15.1. The Labute approximate surface area is 135 Å². The normalized spacial score (nSPS) is 17.7. The predicted octanol–water partition coefficient (Wildman–Crippen LogP) is 2.81. The van der Waals surface area contributed by atoms with Gasteiger partial charge in [0.25, 0.3) is 0 Å². The lowest BCUT2D eigenvalue weighted by molar-refractivity contribution is -0.130. The Kier molecular flexibility index (Phi) is 4.74. The van der Waals surface area contributed by atoms with Crippen LogP contribution in [-0.4, -0.2) is 33.7 Å². The smallest absolute Gasteiger partial charge is 0.224 e. The molecule has 1 unspecified atom stereocenters. The number of halogens is 1. The maximum Gasteiger partial charge on any atom is 0.224 e. The Morgan fingerprint density at radius 2 is 2.30 bits per heavy atom. The van der Waals surface area contributed by atoms with Crippen LogP contribution in [0.1, 0.15) is 24.0 Å². The quantitative estimate of drug-likeness (QED) is 0.851. The molecular formula is C18H22FN3O. The molecule has 1 amide bonds. The Balaban J connectivity index is 1.49. The molecule has 0 bridgehead atoms. The summed E-state index contributed by atoms with van der Waals surface area (Å²) in [6.07, 6.45) is 6.01. The second-order valence-corrected chi connectivity index (χ2v) is 6.30. The summed E-state index contributed by atoms with van der Waals surface area (Å²) in [7, 11) is 0. The molecule has 0 saturated carbocycles. The molecule has 1 fully saturated rings. The highest BCUT2D eigenvalue weighted by Crippen LogP contribution is 2.22. The molecule has 23 heavy (non-hydrogen) atoms. The lowest BCUT2D eigenvalue weighted by Crippen LogP contribution is -2.29. The van der Waals surface area contributed by atoms with E-state index in [4.69, 9.17) is 0 Å². The fourth-order valence-corrected chi connectivity index (χ4v) is 3.19. The molecule has 1 aromatic heterocycles. The average molecular weight is 315 g/mol. The molecule has 0 spiro atoms. The predicted molar refractivity (Wildman–Crippen MR) is 86.4 cm³/mol. The molecule has 0 N–H and O–H groups in total. The Hall–Kier alpha value is -2.17. The highest BCUT2D eigenvalue weighted by molar-refractivity contribution is 5.76. The first kappa shape index (κ1) is 15.7. The van der Waals surface area contributed by atoms with Gasteiger partial charge in [-0.05, 0) is 48.9 Å². The summed E-state index contributed by atoms with van der Waals surface area (Å²) in [5.74, 6) is 0.502. The average Bonchev–Trinajstić information content (AvgIpc) is 3.20. The number of aryl methyl sites for hydroxylation is 2. The SMILES string of the molecule is Cc1cc(CC2CCN(C(=O)CCn3cccn3)C2)ccc1F. The number of carbonyl (C=O) groups excluding carboxylic acids is 1. The van der Waals surface area contributed by atoms with E-state index in [0.29, 0.717) is 24.4 Å². The van der Waals surface area contributed by atoms with Crippen LogP contribution < -0.4 is 0 Å². The van der Waals surface area contributed by atoms with E-state index < -0.39 is 0 Å². The van der Waals surface area contributed by atoms with Crippen molar-refractivity contribution in [1.29, 1.82) is 0 Å². The van der Waals surface area contributed by atoms with Gasteiger partial charge in [-0.1, -0.05) is 12.1 Å². The van der Waals surface area contributed by atoms with Gasteiger partial charge in [0.15, 0.2) is 0 Å². The van der Waals surface area contributed by atoms with E-state index >= 15 is 0 Å². The number of rotatable bonds is 5. The highest BCUT2D eigenvalue weighted by Gasteiger charge is 2.26. The van der Waals surface area contributed by atoms with Crippen molar-refractivity contribution < 1.29 is 9.18 Å². The Morgan fingerprint density at radius 3 is 3.04 bits per heavy atom. The van der Waals surface area contributed by atoms with Crippen molar-refractivity contribution in [2.45, 2.75) is 32.7 Å². The van der Waals surface area contributed by atoms with Crippen molar-refractivity contribution in [3.05, 3.63) is 53.6 Å². The summed E-state index contributed by atoms with van der Waals surface area (Å²) in [6.45, 7) is 4.04. The van der Waals surface area contributed by atoms with Crippen molar-refractivity contribution in [2.24, 2.45) is 5.92 Å². The molecule has 1 aliphatic heterocycles. The van der Waals surface area contributed by atoms with Gasteiger partial charge in [0.05, 0.1) is 0 Å². The monoisotopic (exact) mass is 315 g/mol. The van der Waals surface area contributed by atoms with Gasteiger partial charge in [-0.25, -0.2) is 4.39 Å². The van der Waals surface area contributed by atoms with E-state index in [1.165, 1.54) is 6.07 Å². The minimum absolute atomic E-state index is 0.157. The lowest BCUT2D eigenvalue weighted by atomic mass is 9.97. The second-order valence-electron chi connectivity index (χ2n) is 6.30. The zero-order chi connectivity index (χ0) is 16.2. The third-order valence-electron chi connectivity index (χ3n) is 4.50. The van der Waals surface area contributed by atoms with Crippen LogP contribution in [0.3, 0.4) is 0 Å². The lowest BCUT2D eigenvalue weighted by Gasteiger charge is -2.17. The molecule has 1 aromatic carbocycles. The molecule has 0 radical (unpaired) electrons. The van der Waals surface area contributed by atoms with Gasteiger partial charge in [0.2, 0.25) is 5.91 Å². The fourth-order valence-electron chi connectivity index (χ4n) is 3.19. The zero-order valence-corrected chi connectivity index (χ0v) is 13.4. The molecule has 0 aliphatic carbocycles. The summed E-state index contributed by atoms with van der Waals surface area (Å²) in [5, 5.41) is 4.12. The third kappa shape index (κ3) is 3.97. The van der Waals surface area contributed by atoms with Crippen LogP contribution in [0, 0.1) is 18.7 Å². The van der Waals surface area contributed by atoms with E-state index in [1.54, 1.807) is 17.8 Å². The van der Waals surface area contributed by atoms with Crippen molar-refractivity contribution in [3.8, 4) is 0 Å². The van der Waals surface area contributed by atoms with E-state index in [9.17, 15) is 9.18 Å². The van der Waals surface area contributed by atoms with Crippen LogP contribution >= 0.6 is 0 Å². The Morgan fingerprint density at radius 1 is 1.43 bits per heavy atom. The number of likely N-dealkylation sites (tertiary alicyclic amines) is 1. The number of hydrogen-bond donors (Lipinski definition) is 0. The second kappa shape index (κ2) is 6.94. The number of amides is 1. The van der Waals surface area contributed by atoms with Crippen LogP contribution in [-0.2, 0) is 17.8 Å². The van der Waals surface area contributed by atoms with E-state index in [-0.39, 0.29) is 11.7 Å². The van der Waals surface area contributed by atoms with Gasteiger partial charge in [-0.2, -0.15) is 5.10 Å². The van der Waals surface area contributed by atoms with Crippen LogP contribution in [0.4, 0.5) is 4.39 Å². The van der Waals surface area contributed by atoms with E-state index in [1.807, 2.05) is 29.3 Å². The largest absolute Gasteiger partial charge is 0.342 e. The summed E-state index contributed by atoms with van der Waals surface area (Å²) in [5.41, 5.74) is 1.84. The highest BCUT2D eigenvalue weighted by atomic mass is 19.1. The van der Waals surface area contributed by atoms with Crippen molar-refractivity contribution in [2.75, 3.05) is 13.1 Å². The number of hydrogen-bond acceptors (Lipinski definition) is 2. The molecule has 3 rings (SSSR count). The van der Waals surface area contributed by atoms with Gasteiger partial charge in [-0.15, -0.1) is 0 Å². The van der Waals surface area contributed by atoms with Crippen molar-refractivity contribution in [3.63, 3.8) is 0 Å². The zero-order valence-electron chi connectivity index (χ0n) is 13.4. The van der Waals surface area contributed by atoms with Crippen molar-refractivity contribution >= 4 is 5.91 Å². The Bertz CT molecular complexity index is 669. The molecule has 2 heterocycles. The van der Waals surface area contributed by atoms with Crippen LogP contribution in [0.25, 0.3) is 0 Å². The maximum atomic E-state index is 13.3. The van der Waals surface area contributed by atoms with Crippen LogP contribution in [0.5, 0.6) is 0 Å². The number of aromatic nitrogens is 2. The molecule has 4 nitrogen and oxygen atoms in total. The molecule has 1 atom stereocenters. The van der Waals surface area contributed by atoms with Gasteiger partial charge in [0.1, 0.15) is 5.82 Å². The minimum atomic E-state index is -0.157. The standard InChI is InChI=1S/C18H22FN3O/c1-14-11-15(3-4-17(14)19)12-16-5-9-21(13-16)18(23)6-10-22-8-2-7-20-22/h2-4,7-8,11,16H,5-6,9-10,12-13H2,1H3. The topological polar surface area (TPSA) is 38.1 Å². The summed E-state index contributed by atoms with van der Waals surface area (Å²) in [6, 6.07) is 7.16. The maximum absolute atomic E-state index is 13.3. The first-order valence-electron chi connectivity index (χ1n) is 8.12. The fraction of sp³-hybridized carbons (Fsp3) is 0.444. The molecular weight excluding hydrogens is 293 g/mol. The first-order valence-corrected chi connectivity index (χ1v) is 8.12. The van der Waals surface area contributed by atoms with Gasteiger partial charge < -0.3 is 4.90 Å². The minimum Gasteiger partial charge on any atom is -0.342 e. The molecule has 2 aromatic rings. The number of carbonyl (C=O) groups is 1. The third-order valence-corrected chi connectivity index (χ3v) is 4.50. The van der Waals surface area contributed by atoms with E-state index in [0.717, 1.165) is 31.5 Å². The molecule has 1 aliphatic rings. The number of benzene rings is 1. The molecule has 122 valence electrons. The van der Waals surface area contributed by atoms with Gasteiger partial charge >= 0.3 is 0 Å². The van der Waals surface area contributed by atoms with Crippen molar-refractivity contribution in [1.82, 2.24) is 14.7 Å². The van der Waals surface area contributed by atoms with E-state index in [2.05, 4.69) is 5.10 Å². The summed E-state index contributed by atoms with van der Waals surface area (Å²) >= 11 is 0. The van der Waals surface area contributed by atoms with Gasteiger partial charge in [-0.3, -0.25) is 9.48 Å². The molecule has 1 saturated heterocycles. The summed E-state index contributed by atoms with van der Waals surface area (Å²) in [4.78, 5) is 14.2. The van der Waals surface area contributed by atoms with Gasteiger partial charge in [0, 0.05) is 38.4 Å². The van der Waals surface area contributed by atoms with Crippen LogP contribution in [0.2, 0.25) is 0 Å². The van der Waals surface area contributed by atoms with Crippen LogP contribution in [0.15, 0.2) is 36.7 Å².